The number of rotatable bonds is 3. The molecule has 0 N–H and O–H groups in total. The van der Waals surface area contributed by atoms with E-state index in [-0.39, 0.29) is 0 Å². The highest BCUT2D eigenvalue weighted by Crippen LogP contribution is 2.09. The quantitative estimate of drug-likeness (QED) is 0.644. The van der Waals surface area contributed by atoms with Gasteiger partial charge < -0.3 is 0 Å². The minimum absolute atomic E-state index is 0.789. The van der Waals surface area contributed by atoms with Gasteiger partial charge in [-0.2, -0.15) is 0 Å². The van der Waals surface area contributed by atoms with E-state index < -0.39 is 0 Å². The average Bonchev–Trinajstić information content (AvgIpc) is 2.06. The monoisotopic (exact) mass is 149 g/mol. The fourth-order valence-electron chi connectivity index (χ4n) is 1.07. The van der Waals surface area contributed by atoms with Crippen LogP contribution >= 0.6 is 0 Å². The van der Waals surface area contributed by atoms with Crippen molar-refractivity contribution in [1.29, 1.82) is 0 Å². The zero-order valence-corrected chi connectivity index (χ0v) is 7.25. The topological polar surface area (TPSA) is 12.9 Å². The van der Waals surface area contributed by atoms with Crippen molar-refractivity contribution >= 4 is 0 Å². The van der Waals surface area contributed by atoms with Gasteiger partial charge >= 0.3 is 0 Å². The Labute approximate surface area is 68.5 Å². The summed E-state index contributed by atoms with van der Waals surface area (Å²) in [5, 5.41) is 0. The fraction of sp³-hybridized carbons (Fsp3) is 0.500. The Kier molecular flexibility index (Phi) is 3.09. The third kappa shape index (κ3) is 2.71. The molecule has 0 amide bonds. The zero-order chi connectivity index (χ0) is 8.10. The van der Waals surface area contributed by atoms with E-state index in [4.69, 9.17) is 0 Å². The highest BCUT2D eigenvalue weighted by Gasteiger charge is 1.98. The normalized spacial score (nSPS) is 12.9. The molecule has 0 saturated heterocycles. The van der Waals surface area contributed by atoms with Gasteiger partial charge in [0.25, 0.3) is 0 Å². The SMILES string of the molecule is CCC(C)Cc1ccncc1. The van der Waals surface area contributed by atoms with Gasteiger partial charge in [-0.1, -0.05) is 20.3 Å². The van der Waals surface area contributed by atoms with Crippen LogP contribution in [0.25, 0.3) is 0 Å². The molecule has 1 rings (SSSR count). The van der Waals surface area contributed by atoms with Crippen LogP contribution in [-0.2, 0) is 6.42 Å². The maximum absolute atomic E-state index is 3.98. The predicted molar refractivity (Wildman–Crippen MR) is 47.4 cm³/mol. The summed E-state index contributed by atoms with van der Waals surface area (Å²) in [5.41, 5.74) is 1.40. The van der Waals surface area contributed by atoms with E-state index in [0.717, 1.165) is 5.92 Å². The minimum atomic E-state index is 0.789. The van der Waals surface area contributed by atoms with Gasteiger partial charge in [-0.15, -0.1) is 0 Å². The van der Waals surface area contributed by atoms with Gasteiger partial charge in [-0.3, -0.25) is 4.98 Å². The smallest absolute Gasteiger partial charge is 0.0270 e. The van der Waals surface area contributed by atoms with E-state index in [1.54, 1.807) is 0 Å². The molecule has 0 aromatic carbocycles. The Bertz CT molecular complexity index is 193. The van der Waals surface area contributed by atoms with E-state index in [1.807, 2.05) is 12.4 Å². The molecular formula is C10H15N. The van der Waals surface area contributed by atoms with Crippen LogP contribution in [0.5, 0.6) is 0 Å². The molecule has 1 unspecified atom stereocenters. The van der Waals surface area contributed by atoms with Crippen LogP contribution in [0, 0.1) is 5.92 Å². The summed E-state index contributed by atoms with van der Waals surface area (Å²) in [7, 11) is 0. The first kappa shape index (κ1) is 8.25. The number of hydrogen-bond acceptors (Lipinski definition) is 1. The molecule has 1 heterocycles. The highest BCUT2D eigenvalue weighted by atomic mass is 14.6. The summed E-state index contributed by atoms with van der Waals surface area (Å²) in [4.78, 5) is 3.98. The number of aromatic nitrogens is 1. The van der Waals surface area contributed by atoms with Gasteiger partial charge in [-0.05, 0) is 30.0 Å². The maximum atomic E-state index is 3.98. The van der Waals surface area contributed by atoms with Crippen LogP contribution in [0.1, 0.15) is 25.8 Å². The van der Waals surface area contributed by atoms with Crippen LogP contribution in [0.15, 0.2) is 24.5 Å². The minimum Gasteiger partial charge on any atom is -0.265 e. The van der Waals surface area contributed by atoms with E-state index in [1.165, 1.54) is 18.4 Å². The Morgan fingerprint density at radius 1 is 1.36 bits per heavy atom. The highest BCUT2D eigenvalue weighted by molar-refractivity contribution is 5.09. The molecule has 11 heavy (non-hydrogen) atoms. The van der Waals surface area contributed by atoms with Crippen LogP contribution in [-0.4, -0.2) is 4.98 Å². The van der Waals surface area contributed by atoms with Gasteiger partial charge in [0.05, 0.1) is 0 Å². The molecular weight excluding hydrogens is 134 g/mol. The third-order valence-corrected chi connectivity index (χ3v) is 2.03. The fourth-order valence-corrected chi connectivity index (χ4v) is 1.07. The molecule has 0 aliphatic carbocycles. The second kappa shape index (κ2) is 4.12. The molecule has 0 aliphatic rings. The lowest BCUT2D eigenvalue weighted by Crippen LogP contribution is -1.97. The summed E-state index contributed by atoms with van der Waals surface area (Å²) in [5.74, 6) is 0.789. The second-order valence-corrected chi connectivity index (χ2v) is 3.07. The predicted octanol–water partition coefficient (Wildman–Crippen LogP) is 2.67. The Hall–Kier alpha value is -0.850. The van der Waals surface area contributed by atoms with E-state index >= 15 is 0 Å². The molecule has 60 valence electrons. The van der Waals surface area contributed by atoms with E-state index in [2.05, 4.69) is 31.0 Å². The summed E-state index contributed by atoms with van der Waals surface area (Å²) in [6.07, 6.45) is 6.15. The summed E-state index contributed by atoms with van der Waals surface area (Å²) in [6, 6.07) is 4.18. The van der Waals surface area contributed by atoms with Crippen molar-refractivity contribution in [1.82, 2.24) is 4.98 Å². The molecule has 1 heteroatoms. The molecule has 0 fully saturated rings. The van der Waals surface area contributed by atoms with Gasteiger partial charge in [-0.25, -0.2) is 0 Å². The van der Waals surface area contributed by atoms with E-state index in [0.29, 0.717) is 0 Å². The molecule has 1 atom stereocenters. The molecule has 0 bridgehead atoms. The van der Waals surface area contributed by atoms with Crippen molar-refractivity contribution in [3.63, 3.8) is 0 Å². The number of pyridine rings is 1. The standard InChI is InChI=1S/C10H15N/c1-3-9(2)8-10-4-6-11-7-5-10/h4-7,9H,3,8H2,1-2H3. The lowest BCUT2D eigenvalue weighted by Gasteiger charge is -2.06. The molecule has 1 aromatic rings. The van der Waals surface area contributed by atoms with E-state index in [9.17, 15) is 0 Å². The van der Waals surface area contributed by atoms with Crippen LogP contribution in [0.2, 0.25) is 0 Å². The molecule has 1 aromatic heterocycles. The number of hydrogen-bond donors (Lipinski definition) is 0. The molecule has 0 aliphatic heterocycles. The molecule has 0 radical (unpaired) electrons. The first-order valence-electron chi connectivity index (χ1n) is 4.21. The number of nitrogens with zero attached hydrogens (tertiary/aromatic N) is 1. The Balaban J connectivity index is 2.51. The van der Waals surface area contributed by atoms with Crippen molar-refractivity contribution in [2.75, 3.05) is 0 Å². The molecule has 0 saturated carbocycles. The van der Waals surface area contributed by atoms with Crippen LogP contribution < -0.4 is 0 Å². The first-order chi connectivity index (χ1) is 5.33. The summed E-state index contributed by atoms with van der Waals surface area (Å²) >= 11 is 0. The Morgan fingerprint density at radius 3 is 2.55 bits per heavy atom. The average molecular weight is 149 g/mol. The van der Waals surface area contributed by atoms with Crippen LogP contribution in [0.3, 0.4) is 0 Å². The molecule has 1 nitrogen and oxygen atoms in total. The van der Waals surface area contributed by atoms with Gasteiger partial charge in [0.2, 0.25) is 0 Å². The largest absolute Gasteiger partial charge is 0.265 e. The molecule has 0 spiro atoms. The summed E-state index contributed by atoms with van der Waals surface area (Å²) in [6.45, 7) is 4.51. The van der Waals surface area contributed by atoms with Crippen molar-refractivity contribution in [2.24, 2.45) is 5.92 Å². The van der Waals surface area contributed by atoms with Crippen molar-refractivity contribution in [2.45, 2.75) is 26.7 Å². The maximum Gasteiger partial charge on any atom is 0.0270 e. The Morgan fingerprint density at radius 2 is 2.00 bits per heavy atom. The summed E-state index contributed by atoms with van der Waals surface area (Å²) < 4.78 is 0. The lowest BCUT2D eigenvalue weighted by atomic mass is 10.0. The van der Waals surface area contributed by atoms with Gasteiger partial charge in [0, 0.05) is 12.4 Å². The van der Waals surface area contributed by atoms with Crippen molar-refractivity contribution in [3.05, 3.63) is 30.1 Å². The second-order valence-electron chi connectivity index (χ2n) is 3.07. The lowest BCUT2D eigenvalue weighted by molar-refractivity contribution is 0.560. The van der Waals surface area contributed by atoms with Gasteiger partial charge in [0.1, 0.15) is 0 Å². The first-order valence-corrected chi connectivity index (χ1v) is 4.21. The third-order valence-electron chi connectivity index (χ3n) is 2.03. The van der Waals surface area contributed by atoms with Gasteiger partial charge in [0.15, 0.2) is 0 Å². The van der Waals surface area contributed by atoms with Crippen molar-refractivity contribution in [3.8, 4) is 0 Å². The van der Waals surface area contributed by atoms with Crippen molar-refractivity contribution < 1.29 is 0 Å². The van der Waals surface area contributed by atoms with Crippen LogP contribution in [0.4, 0.5) is 0 Å². The zero-order valence-electron chi connectivity index (χ0n) is 7.25.